The molecule has 0 heterocycles. The van der Waals surface area contributed by atoms with Gasteiger partial charge in [-0.25, -0.2) is 4.39 Å². The van der Waals surface area contributed by atoms with Gasteiger partial charge in [-0.05, 0) is 45.8 Å². The number of hydrogen-bond acceptors (Lipinski definition) is 1. The van der Waals surface area contributed by atoms with Crippen molar-refractivity contribution in [2.24, 2.45) is 0 Å². The number of carbonyl (C=O) groups is 1. The highest BCUT2D eigenvalue weighted by molar-refractivity contribution is 9.10. The highest BCUT2D eigenvalue weighted by Crippen LogP contribution is 2.26. The molecule has 19 heavy (non-hydrogen) atoms. The van der Waals surface area contributed by atoms with Gasteiger partial charge in [0.2, 0.25) is 0 Å². The number of benzene rings is 2. The summed E-state index contributed by atoms with van der Waals surface area (Å²) in [6.45, 7) is 0. The van der Waals surface area contributed by atoms with E-state index in [1.807, 2.05) is 0 Å². The molecule has 2 rings (SSSR count). The Balaban J connectivity index is 2.25. The normalized spacial score (nSPS) is 10.5. The van der Waals surface area contributed by atoms with Crippen LogP contribution in [-0.4, -0.2) is 5.78 Å². The Kier molecular flexibility index (Phi) is 4.61. The fourth-order valence-corrected chi connectivity index (χ4v) is 2.22. The van der Waals surface area contributed by atoms with E-state index in [4.69, 9.17) is 23.2 Å². The average molecular weight is 362 g/mol. The van der Waals surface area contributed by atoms with E-state index in [0.717, 1.165) is 5.56 Å². The summed E-state index contributed by atoms with van der Waals surface area (Å²) in [5, 5.41) is 0.898. The molecule has 0 fully saturated rings. The lowest BCUT2D eigenvalue weighted by Crippen LogP contribution is -2.06. The van der Waals surface area contributed by atoms with E-state index in [2.05, 4.69) is 15.9 Å². The number of halogens is 4. The van der Waals surface area contributed by atoms with Gasteiger partial charge < -0.3 is 0 Å². The summed E-state index contributed by atoms with van der Waals surface area (Å²) in [4.78, 5) is 12.0. The maximum atomic E-state index is 13.7. The lowest BCUT2D eigenvalue weighted by atomic mass is 10.0. The van der Waals surface area contributed by atoms with Crippen molar-refractivity contribution in [1.82, 2.24) is 0 Å². The fourth-order valence-electron chi connectivity index (χ4n) is 1.62. The van der Waals surface area contributed by atoms with Crippen molar-refractivity contribution in [1.29, 1.82) is 0 Å². The van der Waals surface area contributed by atoms with Crippen molar-refractivity contribution in [2.75, 3.05) is 0 Å². The molecule has 0 aliphatic heterocycles. The van der Waals surface area contributed by atoms with Gasteiger partial charge in [0, 0.05) is 15.9 Å². The monoisotopic (exact) mass is 360 g/mol. The zero-order valence-electron chi connectivity index (χ0n) is 9.59. The topological polar surface area (TPSA) is 17.1 Å². The maximum Gasteiger partial charge on any atom is 0.170 e. The molecule has 0 saturated heterocycles. The summed E-state index contributed by atoms with van der Waals surface area (Å²) in [6, 6.07) is 9.37. The molecule has 0 N–H and O–H groups in total. The highest BCUT2D eigenvalue weighted by Gasteiger charge is 2.15. The first kappa shape index (κ1) is 14.5. The van der Waals surface area contributed by atoms with Crippen LogP contribution in [-0.2, 0) is 6.42 Å². The van der Waals surface area contributed by atoms with Gasteiger partial charge >= 0.3 is 0 Å². The van der Waals surface area contributed by atoms with E-state index in [1.54, 1.807) is 24.3 Å². The van der Waals surface area contributed by atoms with Crippen LogP contribution < -0.4 is 0 Å². The molecular formula is C14H8BrCl2FO. The summed E-state index contributed by atoms with van der Waals surface area (Å²) in [5.74, 6) is -0.913. The van der Waals surface area contributed by atoms with Gasteiger partial charge in [-0.1, -0.05) is 35.3 Å². The minimum Gasteiger partial charge on any atom is -0.294 e. The van der Waals surface area contributed by atoms with Crippen LogP contribution in [0.2, 0.25) is 10.0 Å². The third kappa shape index (κ3) is 3.56. The SMILES string of the molecule is O=C(Cc1ccc(Cl)cc1)c1cc(Cl)c(Br)cc1F. The molecule has 0 atom stereocenters. The number of ketones is 1. The van der Waals surface area contributed by atoms with Gasteiger partial charge in [0.25, 0.3) is 0 Å². The predicted molar refractivity (Wildman–Crippen MR) is 78.6 cm³/mol. The Labute approximate surface area is 128 Å². The molecule has 0 radical (unpaired) electrons. The second kappa shape index (κ2) is 6.04. The van der Waals surface area contributed by atoms with Crippen molar-refractivity contribution in [3.8, 4) is 0 Å². The summed E-state index contributed by atoms with van der Waals surface area (Å²) in [6.07, 6.45) is 0.103. The zero-order chi connectivity index (χ0) is 14.0. The molecule has 2 aromatic carbocycles. The van der Waals surface area contributed by atoms with Crippen LogP contribution in [0.1, 0.15) is 15.9 Å². The fraction of sp³-hybridized carbons (Fsp3) is 0.0714. The van der Waals surface area contributed by atoms with Crippen LogP contribution in [0, 0.1) is 5.82 Å². The van der Waals surface area contributed by atoms with E-state index >= 15 is 0 Å². The molecule has 0 aliphatic rings. The quantitative estimate of drug-likeness (QED) is 0.534. The number of rotatable bonds is 3. The van der Waals surface area contributed by atoms with Crippen LogP contribution in [0.3, 0.4) is 0 Å². The Bertz CT molecular complexity index is 626. The van der Waals surface area contributed by atoms with Gasteiger partial charge in [0.15, 0.2) is 5.78 Å². The van der Waals surface area contributed by atoms with Crippen molar-refractivity contribution < 1.29 is 9.18 Å². The van der Waals surface area contributed by atoms with E-state index in [9.17, 15) is 9.18 Å². The lowest BCUT2D eigenvalue weighted by Gasteiger charge is -2.05. The first-order valence-electron chi connectivity index (χ1n) is 5.39. The largest absolute Gasteiger partial charge is 0.294 e. The average Bonchev–Trinajstić information content (AvgIpc) is 2.36. The third-order valence-electron chi connectivity index (χ3n) is 2.59. The molecule has 98 valence electrons. The molecule has 0 bridgehead atoms. The molecule has 0 amide bonds. The van der Waals surface area contributed by atoms with Gasteiger partial charge in [0.05, 0.1) is 10.6 Å². The standard InChI is InChI=1S/C14H8BrCl2FO/c15-11-7-13(18)10(6-12(11)17)14(19)5-8-1-3-9(16)4-2-8/h1-4,6-7H,5H2. The zero-order valence-corrected chi connectivity index (χ0v) is 12.7. The molecule has 0 spiro atoms. The number of carbonyl (C=O) groups excluding carboxylic acids is 1. The maximum absolute atomic E-state index is 13.7. The smallest absolute Gasteiger partial charge is 0.170 e. The van der Waals surface area contributed by atoms with Crippen LogP contribution in [0.15, 0.2) is 40.9 Å². The second-order valence-corrected chi connectivity index (χ2v) is 5.67. The first-order chi connectivity index (χ1) is 8.97. The summed E-state index contributed by atoms with van der Waals surface area (Å²) in [7, 11) is 0. The molecular weight excluding hydrogens is 354 g/mol. The minimum absolute atomic E-state index is 0.0110. The van der Waals surface area contributed by atoms with Gasteiger partial charge in [-0.2, -0.15) is 0 Å². The Morgan fingerprint density at radius 1 is 1.16 bits per heavy atom. The van der Waals surface area contributed by atoms with E-state index in [0.29, 0.717) is 14.5 Å². The van der Waals surface area contributed by atoms with Gasteiger partial charge in [-0.15, -0.1) is 0 Å². The third-order valence-corrected chi connectivity index (χ3v) is 4.04. The van der Waals surface area contributed by atoms with Gasteiger partial charge in [-0.3, -0.25) is 4.79 Å². The van der Waals surface area contributed by atoms with E-state index < -0.39 is 5.82 Å². The molecule has 2 aromatic rings. The van der Waals surface area contributed by atoms with Gasteiger partial charge in [0.1, 0.15) is 5.82 Å². The molecule has 5 heteroatoms. The summed E-state index contributed by atoms with van der Waals surface area (Å²) < 4.78 is 14.1. The lowest BCUT2D eigenvalue weighted by molar-refractivity contribution is 0.0989. The molecule has 1 nitrogen and oxygen atoms in total. The predicted octanol–water partition coefficient (Wildman–Crippen LogP) is 5.32. The Morgan fingerprint density at radius 2 is 1.79 bits per heavy atom. The van der Waals surface area contributed by atoms with Crippen LogP contribution >= 0.6 is 39.1 Å². The number of Topliss-reactive ketones (excluding diaryl/α,β-unsaturated/α-hetero) is 1. The molecule has 0 saturated carbocycles. The van der Waals surface area contributed by atoms with Crippen LogP contribution in [0.4, 0.5) is 4.39 Å². The Hall–Kier alpha value is -0.900. The van der Waals surface area contributed by atoms with Crippen molar-refractivity contribution in [3.63, 3.8) is 0 Å². The summed E-state index contributed by atoms with van der Waals surface area (Å²) in [5.41, 5.74) is 0.760. The Morgan fingerprint density at radius 3 is 2.42 bits per heavy atom. The van der Waals surface area contributed by atoms with Crippen molar-refractivity contribution >= 4 is 44.9 Å². The van der Waals surface area contributed by atoms with Crippen LogP contribution in [0.5, 0.6) is 0 Å². The molecule has 0 aromatic heterocycles. The minimum atomic E-state index is -0.588. The van der Waals surface area contributed by atoms with Crippen molar-refractivity contribution in [3.05, 3.63) is 67.9 Å². The van der Waals surface area contributed by atoms with E-state index in [1.165, 1.54) is 12.1 Å². The van der Waals surface area contributed by atoms with Crippen LogP contribution in [0.25, 0.3) is 0 Å². The first-order valence-corrected chi connectivity index (χ1v) is 6.94. The summed E-state index contributed by atoms with van der Waals surface area (Å²) >= 11 is 14.7. The highest BCUT2D eigenvalue weighted by atomic mass is 79.9. The van der Waals surface area contributed by atoms with Crippen molar-refractivity contribution in [2.45, 2.75) is 6.42 Å². The second-order valence-electron chi connectivity index (χ2n) is 3.97. The number of hydrogen-bond donors (Lipinski definition) is 0. The molecule has 0 aliphatic carbocycles. The van der Waals surface area contributed by atoms with E-state index in [-0.39, 0.29) is 17.8 Å². The molecule has 0 unspecified atom stereocenters.